The van der Waals surface area contributed by atoms with Crippen LogP contribution < -0.4 is 10.1 Å². The highest BCUT2D eigenvalue weighted by molar-refractivity contribution is 7.89. The fourth-order valence-electron chi connectivity index (χ4n) is 4.13. The van der Waals surface area contributed by atoms with Crippen molar-refractivity contribution in [2.24, 2.45) is 5.92 Å². The van der Waals surface area contributed by atoms with E-state index in [0.29, 0.717) is 43.7 Å². The van der Waals surface area contributed by atoms with E-state index in [2.05, 4.69) is 29.5 Å². The summed E-state index contributed by atoms with van der Waals surface area (Å²) in [6.07, 6.45) is 1.84. The molecule has 9 nitrogen and oxygen atoms in total. The molecule has 1 aromatic heterocycles. The van der Waals surface area contributed by atoms with Gasteiger partial charge >= 0.3 is 0 Å². The molecule has 10 heteroatoms. The van der Waals surface area contributed by atoms with Gasteiger partial charge in [0.05, 0.1) is 23.1 Å². The van der Waals surface area contributed by atoms with Crippen molar-refractivity contribution in [2.75, 3.05) is 25.0 Å². The van der Waals surface area contributed by atoms with Crippen LogP contribution in [0.4, 0.5) is 5.69 Å². The van der Waals surface area contributed by atoms with E-state index in [4.69, 9.17) is 4.74 Å². The number of hydrogen-bond donors (Lipinski definition) is 1. The first-order valence-corrected chi connectivity index (χ1v) is 13.2. The van der Waals surface area contributed by atoms with Gasteiger partial charge in [0.25, 0.3) is 0 Å². The van der Waals surface area contributed by atoms with Crippen LogP contribution in [-0.4, -0.2) is 53.3 Å². The number of anilines is 1. The van der Waals surface area contributed by atoms with Gasteiger partial charge in [-0.1, -0.05) is 12.1 Å². The standard InChI is InChI=1S/C24H31N5O4S/c1-4-17(3)29-23-11-10-21(16-22(23)26-27-29)34(31,32)28-14-12-18(13-15-28)24(30)25-19-6-8-20(9-7-19)33-5-2/h6-11,16-18H,4-5,12-15H2,1-3H3,(H,25,30)/t17-/m0/s1. The number of nitrogens with zero attached hydrogens (tertiary/aromatic N) is 4. The molecular formula is C24H31N5O4S. The molecule has 4 rings (SSSR count). The Hall–Kier alpha value is -2.98. The Labute approximate surface area is 200 Å². The maximum Gasteiger partial charge on any atom is 0.243 e. The molecule has 182 valence electrons. The third kappa shape index (κ3) is 4.92. The molecule has 0 unspecified atom stereocenters. The summed E-state index contributed by atoms with van der Waals surface area (Å²) in [5.41, 5.74) is 2.08. The van der Waals surface area contributed by atoms with Crippen LogP contribution >= 0.6 is 0 Å². The van der Waals surface area contributed by atoms with E-state index in [1.165, 1.54) is 4.31 Å². The number of aromatic nitrogens is 3. The average molecular weight is 486 g/mol. The van der Waals surface area contributed by atoms with E-state index >= 15 is 0 Å². The summed E-state index contributed by atoms with van der Waals surface area (Å²) in [4.78, 5) is 12.9. The van der Waals surface area contributed by atoms with Crippen LogP contribution in [0, 0.1) is 5.92 Å². The van der Waals surface area contributed by atoms with Gasteiger partial charge in [-0.25, -0.2) is 13.1 Å². The molecule has 1 atom stereocenters. The number of carbonyl (C=O) groups excluding carboxylic acids is 1. The number of nitrogens with one attached hydrogen (secondary N) is 1. The third-order valence-electron chi connectivity index (χ3n) is 6.35. The van der Waals surface area contributed by atoms with Gasteiger partial charge in [-0.3, -0.25) is 4.79 Å². The SMILES string of the molecule is CCOc1ccc(NC(=O)C2CCN(S(=O)(=O)c3ccc4c(c3)nnn4[C@@H](C)CC)CC2)cc1. The van der Waals surface area contributed by atoms with E-state index in [1.807, 2.05) is 23.7 Å². The zero-order valence-corrected chi connectivity index (χ0v) is 20.6. The number of hydrogen-bond acceptors (Lipinski definition) is 6. The molecule has 0 aliphatic carbocycles. The molecule has 1 amide bonds. The summed E-state index contributed by atoms with van der Waals surface area (Å²) in [6.45, 7) is 7.20. The molecule has 2 aromatic carbocycles. The Morgan fingerprint density at radius 1 is 1.15 bits per heavy atom. The Morgan fingerprint density at radius 2 is 1.85 bits per heavy atom. The van der Waals surface area contributed by atoms with Crippen molar-refractivity contribution in [1.82, 2.24) is 19.3 Å². The van der Waals surface area contributed by atoms with Gasteiger partial charge < -0.3 is 10.1 Å². The number of ether oxygens (including phenoxy) is 1. The lowest BCUT2D eigenvalue weighted by Crippen LogP contribution is -2.41. The largest absolute Gasteiger partial charge is 0.494 e. The molecular weight excluding hydrogens is 454 g/mol. The number of carbonyl (C=O) groups is 1. The summed E-state index contributed by atoms with van der Waals surface area (Å²) in [7, 11) is -3.68. The Kier molecular flexibility index (Phi) is 7.18. The fraction of sp³-hybridized carbons (Fsp3) is 0.458. The molecule has 1 saturated heterocycles. The van der Waals surface area contributed by atoms with Crippen molar-refractivity contribution in [3.63, 3.8) is 0 Å². The van der Waals surface area contributed by atoms with Gasteiger partial charge in [0, 0.05) is 24.7 Å². The number of sulfonamides is 1. The van der Waals surface area contributed by atoms with E-state index in [-0.39, 0.29) is 22.8 Å². The van der Waals surface area contributed by atoms with Crippen molar-refractivity contribution in [1.29, 1.82) is 0 Å². The molecule has 0 radical (unpaired) electrons. The van der Waals surface area contributed by atoms with Crippen LogP contribution in [0.25, 0.3) is 11.0 Å². The van der Waals surface area contributed by atoms with E-state index in [0.717, 1.165) is 17.7 Å². The highest BCUT2D eigenvalue weighted by Gasteiger charge is 2.32. The lowest BCUT2D eigenvalue weighted by atomic mass is 9.97. The van der Waals surface area contributed by atoms with Crippen LogP contribution in [0.5, 0.6) is 5.75 Å². The normalized spacial score (nSPS) is 16.4. The Balaban J connectivity index is 1.39. The summed E-state index contributed by atoms with van der Waals surface area (Å²) in [6, 6.07) is 12.4. The zero-order chi connectivity index (χ0) is 24.3. The predicted molar refractivity (Wildman–Crippen MR) is 130 cm³/mol. The number of piperidine rings is 1. The van der Waals surface area contributed by atoms with Crippen LogP contribution in [0.1, 0.15) is 46.1 Å². The van der Waals surface area contributed by atoms with Crippen molar-refractivity contribution in [2.45, 2.75) is 51.0 Å². The van der Waals surface area contributed by atoms with Crippen LogP contribution in [-0.2, 0) is 14.8 Å². The van der Waals surface area contributed by atoms with Gasteiger partial charge in [-0.15, -0.1) is 5.10 Å². The van der Waals surface area contributed by atoms with Crippen molar-refractivity contribution in [3.8, 4) is 5.75 Å². The minimum absolute atomic E-state index is 0.0933. The fourth-order valence-corrected chi connectivity index (χ4v) is 5.62. The topological polar surface area (TPSA) is 106 Å². The number of fused-ring (bicyclic) bond motifs is 1. The van der Waals surface area contributed by atoms with Gasteiger partial charge in [-0.2, -0.15) is 4.31 Å². The molecule has 1 aliphatic heterocycles. The smallest absolute Gasteiger partial charge is 0.243 e. The maximum absolute atomic E-state index is 13.2. The minimum atomic E-state index is -3.68. The first-order valence-electron chi connectivity index (χ1n) is 11.7. The molecule has 1 N–H and O–H groups in total. The minimum Gasteiger partial charge on any atom is -0.494 e. The Morgan fingerprint density at radius 3 is 2.50 bits per heavy atom. The molecule has 1 fully saturated rings. The maximum atomic E-state index is 13.2. The van der Waals surface area contributed by atoms with Crippen molar-refractivity contribution in [3.05, 3.63) is 42.5 Å². The molecule has 3 aromatic rings. The first-order chi connectivity index (χ1) is 16.3. The second kappa shape index (κ2) is 10.1. The van der Waals surface area contributed by atoms with Gasteiger partial charge in [0.2, 0.25) is 15.9 Å². The molecule has 0 saturated carbocycles. The molecule has 0 bridgehead atoms. The number of amides is 1. The van der Waals surface area contributed by atoms with Gasteiger partial charge in [0.15, 0.2) is 0 Å². The summed E-state index contributed by atoms with van der Waals surface area (Å²) in [5.74, 6) is 0.417. The highest BCUT2D eigenvalue weighted by Crippen LogP contribution is 2.27. The second-order valence-electron chi connectivity index (χ2n) is 8.57. The van der Waals surface area contributed by atoms with Crippen molar-refractivity contribution >= 4 is 32.7 Å². The molecule has 2 heterocycles. The molecule has 0 spiro atoms. The molecule has 34 heavy (non-hydrogen) atoms. The highest BCUT2D eigenvalue weighted by atomic mass is 32.2. The summed E-state index contributed by atoms with van der Waals surface area (Å²) >= 11 is 0. The zero-order valence-electron chi connectivity index (χ0n) is 19.8. The third-order valence-corrected chi connectivity index (χ3v) is 8.24. The summed E-state index contributed by atoms with van der Waals surface area (Å²) in [5, 5.41) is 11.3. The number of rotatable bonds is 8. The van der Waals surface area contributed by atoms with Gasteiger partial charge in [0.1, 0.15) is 11.3 Å². The number of benzene rings is 2. The lowest BCUT2D eigenvalue weighted by molar-refractivity contribution is -0.120. The monoisotopic (exact) mass is 485 g/mol. The molecule has 1 aliphatic rings. The predicted octanol–water partition coefficient (Wildman–Crippen LogP) is 3.84. The van der Waals surface area contributed by atoms with Gasteiger partial charge in [-0.05, 0) is 75.6 Å². The quantitative estimate of drug-likeness (QED) is 0.520. The van der Waals surface area contributed by atoms with Crippen LogP contribution in [0.2, 0.25) is 0 Å². The second-order valence-corrected chi connectivity index (χ2v) is 10.5. The van der Waals surface area contributed by atoms with Crippen molar-refractivity contribution < 1.29 is 17.9 Å². The Bertz CT molecular complexity index is 1250. The van der Waals surface area contributed by atoms with E-state index in [1.54, 1.807) is 30.3 Å². The first kappa shape index (κ1) is 24.2. The lowest BCUT2D eigenvalue weighted by Gasteiger charge is -2.30. The van der Waals surface area contributed by atoms with E-state index in [9.17, 15) is 13.2 Å². The van der Waals surface area contributed by atoms with Crippen LogP contribution in [0.3, 0.4) is 0 Å². The van der Waals surface area contributed by atoms with E-state index < -0.39 is 10.0 Å². The average Bonchev–Trinajstić information content (AvgIpc) is 3.28. The summed E-state index contributed by atoms with van der Waals surface area (Å²) < 4.78 is 35.2. The van der Waals surface area contributed by atoms with Crippen LogP contribution in [0.15, 0.2) is 47.4 Å².